The Labute approximate surface area is 198 Å². The smallest absolute Gasteiger partial charge is 0.268 e. The third-order valence-corrected chi connectivity index (χ3v) is 5.61. The summed E-state index contributed by atoms with van der Waals surface area (Å²) < 4.78 is 5.39. The molecule has 0 aliphatic carbocycles. The number of rotatable bonds is 8. The number of aliphatic hydroxyl groups excluding tert-OH is 1. The maximum atomic E-state index is 12.8. The van der Waals surface area contributed by atoms with Crippen LogP contribution < -0.4 is 15.4 Å². The van der Waals surface area contributed by atoms with Gasteiger partial charge in [0.25, 0.3) is 5.91 Å². The summed E-state index contributed by atoms with van der Waals surface area (Å²) in [7, 11) is 1.63. The molecule has 4 aromatic rings. The number of aliphatic hydroxyl groups is 1. The zero-order valence-corrected chi connectivity index (χ0v) is 19.3. The number of amides is 1. The van der Waals surface area contributed by atoms with Gasteiger partial charge in [0.05, 0.1) is 25.5 Å². The van der Waals surface area contributed by atoms with Crippen LogP contribution in [0.2, 0.25) is 0 Å². The number of nitrogens with zero attached hydrogens (tertiary/aromatic N) is 2. The first kappa shape index (κ1) is 23.0. The number of aryl methyl sites for hydroxylation is 1. The van der Waals surface area contributed by atoms with Crippen LogP contribution in [0, 0.1) is 13.8 Å². The number of carbonyl (C=O) groups is 1. The lowest BCUT2D eigenvalue weighted by atomic mass is 10.1. The van der Waals surface area contributed by atoms with Crippen LogP contribution in [0.3, 0.4) is 0 Å². The largest absolute Gasteiger partial charge is 0.496 e. The maximum Gasteiger partial charge on any atom is 0.268 e. The van der Waals surface area contributed by atoms with Gasteiger partial charge in [0.2, 0.25) is 5.95 Å². The zero-order valence-electron chi connectivity index (χ0n) is 19.3. The predicted octanol–water partition coefficient (Wildman–Crippen LogP) is 4.30. The molecular weight excluding hydrogens is 430 g/mol. The molecule has 0 fully saturated rings. The number of ether oxygens (including phenoxy) is 1. The van der Waals surface area contributed by atoms with E-state index in [9.17, 15) is 9.90 Å². The van der Waals surface area contributed by atoms with E-state index in [1.807, 2.05) is 62.4 Å². The van der Waals surface area contributed by atoms with Crippen LogP contribution in [0.5, 0.6) is 5.75 Å². The van der Waals surface area contributed by atoms with E-state index in [2.05, 4.69) is 25.6 Å². The number of aromatic nitrogens is 3. The van der Waals surface area contributed by atoms with Gasteiger partial charge in [-0.2, -0.15) is 0 Å². The average molecular weight is 458 g/mol. The van der Waals surface area contributed by atoms with Gasteiger partial charge in [-0.05, 0) is 43.2 Å². The topological polar surface area (TPSA) is 112 Å². The Morgan fingerprint density at radius 2 is 1.94 bits per heavy atom. The highest BCUT2D eigenvalue weighted by Gasteiger charge is 2.18. The molecule has 0 aliphatic rings. The molecule has 8 nitrogen and oxygen atoms in total. The predicted molar refractivity (Wildman–Crippen MR) is 131 cm³/mol. The van der Waals surface area contributed by atoms with Gasteiger partial charge in [-0.15, -0.1) is 0 Å². The molecule has 8 heteroatoms. The lowest BCUT2D eigenvalue weighted by Gasteiger charge is -2.16. The molecule has 0 radical (unpaired) electrons. The molecule has 0 saturated carbocycles. The molecule has 0 bridgehead atoms. The van der Waals surface area contributed by atoms with E-state index in [-0.39, 0.29) is 12.5 Å². The molecule has 2 heterocycles. The molecule has 1 atom stereocenters. The molecule has 0 saturated heterocycles. The number of benzene rings is 2. The molecule has 174 valence electrons. The van der Waals surface area contributed by atoms with Crippen molar-refractivity contribution in [1.82, 2.24) is 20.3 Å². The highest BCUT2D eigenvalue weighted by molar-refractivity contribution is 5.94. The third kappa shape index (κ3) is 4.92. The highest BCUT2D eigenvalue weighted by Crippen LogP contribution is 2.28. The van der Waals surface area contributed by atoms with Gasteiger partial charge >= 0.3 is 0 Å². The van der Waals surface area contributed by atoms with Gasteiger partial charge in [-0.25, -0.2) is 9.97 Å². The fourth-order valence-electron chi connectivity index (χ4n) is 3.70. The van der Waals surface area contributed by atoms with Crippen LogP contribution >= 0.6 is 0 Å². The molecule has 34 heavy (non-hydrogen) atoms. The van der Waals surface area contributed by atoms with Crippen LogP contribution in [0.25, 0.3) is 11.3 Å². The molecule has 4 rings (SSSR count). The molecule has 2 aromatic heterocycles. The van der Waals surface area contributed by atoms with Gasteiger partial charge in [-0.1, -0.05) is 36.4 Å². The van der Waals surface area contributed by atoms with Crippen molar-refractivity contribution in [3.8, 4) is 17.0 Å². The van der Waals surface area contributed by atoms with Gasteiger partial charge < -0.3 is 25.5 Å². The number of nitrogens with one attached hydrogen (secondary N) is 3. The Balaban J connectivity index is 1.54. The minimum Gasteiger partial charge on any atom is -0.496 e. The number of carbonyl (C=O) groups excluding carboxylic acids is 1. The monoisotopic (exact) mass is 457 g/mol. The Morgan fingerprint density at radius 1 is 1.15 bits per heavy atom. The van der Waals surface area contributed by atoms with Crippen LogP contribution in [-0.4, -0.2) is 39.7 Å². The number of aromatic amines is 1. The fraction of sp³-hybridized carbons (Fsp3) is 0.192. The zero-order chi connectivity index (χ0) is 24.1. The van der Waals surface area contributed by atoms with E-state index in [1.54, 1.807) is 25.6 Å². The Hall–Kier alpha value is -4.17. The van der Waals surface area contributed by atoms with Gasteiger partial charge in [0.1, 0.15) is 11.4 Å². The number of hydrogen-bond acceptors (Lipinski definition) is 6. The second-order valence-corrected chi connectivity index (χ2v) is 7.90. The molecule has 4 N–H and O–H groups in total. The van der Waals surface area contributed by atoms with E-state index in [0.29, 0.717) is 17.3 Å². The lowest BCUT2D eigenvalue weighted by Crippen LogP contribution is -2.30. The van der Waals surface area contributed by atoms with Crippen molar-refractivity contribution in [2.24, 2.45) is 0 Å². The molecule has 0 unspecified atom stereocenters. The molecule has 1 amide bonds. The minimum atomic E-state index is -0.497. The number of H-pyrrole nitrogens is 1. The molecular formula is C26H27N5O3. The summed E-state index contributed by atoms with van der Waals surface area (Å²) in [6.07, 6.45) is 3.48. The SMILES string of the molecule is COc1cccc(Nc2ncc(C)c(-c3c[nH]c(C(=O)N[C@H](CO)c4ccccc4)c3)n2)c1C. The van der Waals surface area contributed by atoms with E-state index < -0.39 is 6.04 Å². The van der Waals surface area contributed by atoms with Crippen LogP contribution in [0.1, 0.15) is 33.2 Å². The van der Waals surface area contributed by atoms with Gasteiger partial charge in [-0.3, -0.25) is 4.79 Å². The Kier molecular flexibility index (Phi) is 6.89. The van der Waals surface area contributed by atoms with Crippen LogP contribution in [-0.2, 0) is 0 Å². The van der Waals surface area contributed by atoms with Crippen molar-refractivity contribution >= 4 is 17.5 Å². The van der Waals surface area contributed by atoms with Crippen molar-refractivity contribution in [2.75, 3.05) is 19.0 Å². The summed E-state index contributed by atoms with van der Waals surface area (Å²) in [4.78, 5) is 24.9. The van der Waals surface area contributed by atoms with E-state index >= 15 is 0 Å². The summed E-state index contributed by atoms with van der Waals surface area (Å²) in [5, 5.41) is 15.9. The second-order valence-electron chi connectivity index (χ2n) is 7.90. The third-order valence-electron chi connectivity index (χ3n) is 5.61. The van der Waals surface area contributed by atoms with Gasteiger partial charge in [0, 0.05) is 29.2 Å². The first-order valence-corrected chi connectivity index (χ1v) is 10.9. The number of anilines is 2. The van der Waals surface area contributed by atoms with Crippen molar-refractivity contribution < 1.29 is 14.6 Å². The molecule has 0 spiro atoms. The fourth-order valence-corrected chi connectivity index (χ4v) is 3.70. The van der Waals surface area contributed by atoms with E-state index in [0.717, 1.165) is 33.7 Å². The van der Waals surface area contributed by atoms with Crippen molar-refractivity contribution in [2.45, 2.75) is 19.9 Å². The first-order chi connectivity index (χ1) is 16.5. The first-order valence-electron chi connectivity index (χ1n) is 10.9. The lowest BCUT2D eigenvalue weighted by molar-refractivity contribution is 0.0911. The number of methoxy groups -OCH3 is 1. The second kappa shape index (κ2) is 10.2. The normalized spacial score (nSPS) is 11.6. The quantitative estimate of drug-likeness (QED) is 0.314. The Morgan fingerprint density at radius 3 is 2.68 bits per heavy atom. The average Bonchev–Trinajstić information content (AvgIpc) is 3.35. The van der Waals surface area contributed by atoms with Gasteiger partial charge in [0.15, 0.2) is 0 Å². The summed E-state index contributed by atoms with van der Waals surface area (Å²) in [5.41, 5.74) is 5.34. The van der Waals surface area contributed by atoms with Crippen LogP contribution in [0.15, 0.2) is 67.0 Å². The van der Waals surface area contributed by atoms with Crippen molar-refractivity contribution in [3.63, 3.8) is 0 Å². The molecule has 0 aliphatic heterocycles. The standard InChI is InChI=1S/C26H27N5O3/c1-16-13-28-26(30-20-10-7-11-23(34-3)17(20)2)31-24(16)19-12-21(27-14-19)25(33)29-22(15-32)18-8-5-4-6-9-18/h4-14,22,27,32H,15H2,1-3H3,(H,29,33)(H,28,30,31)/t22-/m1/s1. The molecule has 2 aromatic carbocycles. The maximum absolute atomic E-state index is 12.8. The Bertz CT molecular complexity index is 1290. The summed E-state index contributed by atoms with van der Waals surface area (Å²) >= 11 is 0. The minimum absolute atomic E-state index is 0.201. The van der Waals surface area contributed by atoms with E-state index in [4.69, 9.17) is 4.74 Å². The number of hydrogen-bond donors (Lipinski definition) is 4. The van der Waals surface area contributed by atoms with Crippen LogP contribution in [0.4, 0.5) is 11.6 Å². The van der Waals surface area contributed by atoms with Crippen molar-refractivity contribution in [1.29, 1.82) is 0 Å². The summed E-state index contributed by atoms with van der Waals surface area (Å²) in [6.45, 7) is 3.68. The summed E-state index contributed by atoms with van der Waals surface area (Å²) in [5.74, 6) is 0.898. The summed E-state index contributed by atoms with van der Waals surface area (Å²) in [6, 6.07) is 16.3. The highest BCUT2D eigenvalue weighted by atomic mass is 16.5. The van der Waals surface area contributed by atoms with Crippen molar-refractivity contribution in [3.05, 3.63) is 89.4 Å². The van der Waals surface area contributed by atoms with E-state index in [1.165, 1.54) is 0 Å².